The summed E-state index contributed by atoms with van der Waals surface area (Å²) in [6.07, 6.45) is 5.03. The maximum atomic E-state index is 5.98. The van der Waals surface area contributed by atoms with Gasteiger partial charge < -0.3 is 9.64 Å². The first-order chi connectivity index (χ1) is 12.5. The van der Waals surface area contributed by atoms with Gasteiger partial charge >= 0.3 is 0 Å². The molecular weight excluding hydrogens is 344 g/mol. The minimum Gasteiger partial charge on any atom is -0.370 e. The molecule has 3 aromatic heterocycles. The van der Waals surface area contributed by atoms with Crippen LogP contribution in [0, 0.1) is 5.92 Å². The third kappa shape index (κ3) is 2.67. The molecule has 0 radical (unpaired) electrons. The van der Waals surface area contributed by atoms with E-state index < -0.39 is 0 Å². The molecule has 0 spiro atoms. The Balaban J connectivity index is 1.64. The average molecular weight is 369 g/mol. The average Bonchev–Trinajstić information content (AvgIpc) is 2.97. The third-order valence-corrected chi connectivity index (χ3v) is 6.77. The number of thiophene rings is 1. The Morgan fingerprint density at radius 2 is 2.04 bits per heavy atom. The normalized spacial score (nSPS) is 20.7. The van der Waals surface area contributed by atoms with E-state index in [2.05, 4.69) is 41.7 Å². The van der Waals surface area contributed by atoms with Crippen LogP contribution in [-0.4, -0.2) is 33.6 Å². The highest BCUT2D eigenvalue weighted by Crippen LogP contribution is 2.39. The van der Waals surface area contributed by atoms with Crippen LogP contribution >= 0.6 is 11.3 Å². The van der Waals surface area contributed by atoms with Crippen molar-refractivity contribution in [3.8, 4) is 0 Å². The van der Waals surface area contributed by atoms with Gasteiger partial charge in [0, 0.05) is 30.5 Å². The maximum Gasteiger partial charge on any atom is 0.150 e. The number of aromatic nitrogens is 3. The molecule has 6 heteroatoms. The van der Waals surface area contributed by atoms with Gasteiger partial charge in [-0.2, -0.15) is 0 Å². The monoisotopic (exact) mass is 368 g/mol. The molecule has 5 heterocycles. The Kier molecular flexibility index (Phi) is 3.69. The summed E-state index contributed by atoms with van der Waals surface area (Å²) in [6.45, 7) is 9.39. The van der Waals surface area contributed by atoms with E-state index in [4.69, 9.17) is 9.72 Å². The van der Waals surface area contributed by atoms with Crippen LogP contribution in [0.5, 0.6) is 0 Å². The van der Waals surface area contributed by atoms with Gasteiger partial charge in [-0.25, -0.2) is 15.0 Å². The standard InChI is InChI=1S/C20H24N4OS/c1-12-4-6-24(7-5-12)18-17-16(21-11-22-18)14-8-13-10-25-20(2,3)9-15(13)23-19(14)26-17/h8,11-12H,4-7,9-10H2,1-3H3. The number of nitrogens with zero attached hydrogens (tertiary/aromatic N) is 4. The van der Waals surface area contributed by atoms with Crippen molar-refractivity contribution >= 4 is 37.6 Å². The van der Waals surface area contributed by atoms with Gasteiger partial charge in [0.25, 0.3) is 0 Å². The van der Waals surface area contributed by atoms with Crippen molar-refractivity contribution in [1.29, 1.82) is 0 Å². The van der Waals surface area contributed by atoms with Crippen molar-refractivity contribution in [1.82, 2.24) is 15.0 Å². The van der Waals surface area contributed by atoms with Crippen LogP contribution in [0.15, 0.2) is 12.4 Å². The molecule has 1 fully saturated rings. The van der Waals surface area contributed by atoms with Gasteiger partial charge in [0.15, 0.2) is 0 Å². The summed E-state index contributed by atoms with van der Waals surface area (Å²) in [5.41, 5.74) is 3.26. The van der Waals surface area contributed by atoms with E-state index in [1.807, 2.05) is 0 Å². The highest BCUT2D eigenvalue weighted by atomic mass is 32.1. The molecule has 0 aromatic carbocycles. The minimum atomic E-state index is -0.139. The highest BCUT2D eigenvalue weighted by Gasteiger charge is 2.28. The Labute approximate surface area is 157 Å². The van der Waals surface area contributed by atoms with Crippen molar-refractivity contribution in [2.24, 2.45) is 5.92 Å². The maximum absolute atomic E-state index is 5.98. The fourth-order valence-electron chi connectivity index (χ4n) is 4.02. The second kappa shape index (κ2) is 5.86. The fourth-order valence-corrected chi connectivity index (χ4v) is 5.17. The van der Waals surface area contributed by atoms with E-state index in [1.54, 1.807) is 17.7 Å². The first-order valence-corrected chi connectivity index (χ1v) is 10.3. The van der Waals surface area contributed by atoms with Crippen molar-refractivity contribution < 1.29 is 4.74 Å². The minimum absolute atomic E-state index is 0.139. The Bertz CT molecular complexity index is 988. The van der Waals surface area contributed by atoms with Crippen LogP contribution in [0.2, 0.25) is 0 Å². The molecule has 0 atom stereocenters. The summed E-state index contributed by atoms with van der Waals surface area (Å²) in [5.74, 6) is 1.89. The van der Waals surface area contributed by atoms with E-state index in [9.17, 15) is 0 Å². The van der Waals surface area contributed by atoms with Gasteiger partial charge in [-0.1, -0.05) is 6.92 Å². The second-order valence-electron chi connectivity index (χ2n) is 8.32. The molecule has 0 bridgehead atoms. The molecule has 3 aromatic rings. The Morgan fingerprint density at radius 3 is 2.85 bits per heavy atom. The number of hydrogen-bond donors (Lipinski definition) is 0. The number of hydrogen-bond acceptors (Lipinski definition) is 6. The largest absolute Gasteiger partial charge is 0.370 e. The summed E-state index contributed by atoms with van der Waals surface area (Å²) in [5, 5.41) is 1.14. The number of pyridine rings is 1. The molecule has 5 nitrogen and oxygen atoms in total. The van der Waals surface area contributed by atoms with Crippen LogP contribution in [0.25, 0.3) is 20.4 Å². The number of rotatable bonds is 1. The topological polar surface area (TPSA) is 51.1 Å². The summed E-state index contributed by atoms with van der Waals surface area (Å²) in [6, 6.07) is 2.24. The van der Waals surface area contributed by atoms with Crippen LogP contribution in [0.1, 0.15) is 44.9 Å². The molecule has 0 N–H and O–H groups in total. The smallest absolute Gasteiger partial charge is 0.150 e. The number of piperidine rings is 1. The Hall–Kier alpha value is -1.79. The summed E-state index contributed by atoms with van der Waals surface area (Å²) < 4.78 is 7.15. The van der Waals surface area contributed by atoms with Crippen molar-refractivity contribution in [2.45, 2.75) is 52.2 Å². The lowest BCUT2D eigenvalue weighted by Crippen LogP contribution is -2.33. The van der Waals surface area contributed by atoms with E-state index in [1.165, 1.54) is 28.8 Å². The summed E-state index contributed by atoms with van der Waals surface area (Å²) in [7, 11) is 0. The molecule has 2 aliphatic rings. The van der Waals surface area contributed by atoms with Crippen LogP contribution in [0.3, 0.4) is 0 Å². The quantitative estimate of drug-likeness (QED) is 0.640. The molecule has 26 heavy (non-hydrogen) atoms. The highest BCUT2D eigenvalue weighted by molar-refractivity contribution is 7.25. The van der Waals surface area contributed by atoms with E-state index >= 15 is 0 Å². The second-order valence-corrected chi connectivity index (χ2v) is 9.32. The van der Waals surface area contributed by atoms with Crippen LogP contribution in [-0.2, 0) is 17.8 Å². The molecule has 136 valence electrons. The van der Waals surface area contributed by atoms with Gasteiger partial charge in [-0.05, 0) is 38.7 Å². The summed E-state index contributed by atoms with van der Waals surface area (Å²) >= 11 is 1.74. The zero-order valence-corrected chi connectivity index (χ0v) is 16.4. The molecule has 0 saturated carbocycles. The number of anilines is 1. The molecule has 2 aliphatic heterocycles. The third-order valence-electron chi connectivity index (χ3n) is 5.69. The number of fused-ring (bicyclic) bond motifs is 4. The predicted octanol–water partition coefficient (Wildman–Crippen LogP) is 4.33. The van der Waals surface area contributed by atoms with Gasteiger partial charge in [0.2, 0.25) is 0 Å². The number of ether oxygens (including phenoxy) is 1. The lowest BCUT2D eigenvalue weighted by molar-refractivity contribution is -0.0411. The molecule has 0 amide bonds. The zero-order chi connectivity index (χ0) is 17.9. The lowest BCUT2D eigenvalue weighted by atomic mass is 9.95. The van der Waals surface area contributed by atoms with E-state index in [-0.39, 0.29) is 5.60 Å². The molecule has 0 aliphatic carbocycles. The van der Waals surface area contributed by atoms with E-state index in [0.29, 0.717) is 6.61 Å². The van der Waals surface area contributed by atoms with Crippen LogP contribution in [0.4, 0.5) is 5.82 Å². The van der Waals surface area contributed by atoms with Gasteiger partial charge in [0.05, 0.1) is 28.1 Å². The molecule has 0 unspecified atom stereocenters. The van der Waals surface area contributed by atoms with Crippen LogP contribution < -0.4 is 4.90 Å². The SMILES string of the molecule is CC1CCN(c2ncnc3c2sc2nc4c(cc23)COC(C)(C)C4)CC1. The molecule has 5 rings (SSSR count). The molecular formula is C20H24N4OS. The van der Waals surface area contributed by atoms with Gasteiger partial charge in [0.1, 0.15) is 17.0 Å². The fraction of sp³-hybridized carbons (Fsp3) is 0.550. The predicted molar refractivity (Wildman–Crippen MR) is 106 cm³/mol. The van der Waals surface area contributed by atoms with E-state index in [0.717, 1.165) is 47.0 Å². The lowest BCUT2D eigenvalue weighted by Gasteiger charge is -2.31. The molecule has 1 saturated heterocycles. The van der Waals surface area contributed by atoms with Gasteiger partial charge in [-0.15, -0.1) is 11.3 Å². The van der Waals surface area contributed by atoms with Crippen molar-refractivity contribution in [3.63, 3.8) is 0 Å². The van der Waals surface area contributed by atoms with Crippen molar-refractivity contribution in [2.75, 3.05) is 18.0 Å². The first-order valence-electron chi connectivity index (χ1n) is 9.45. The van der Waals surface area contributed by atoms with Gasteiger partial charge in [-0.3, -0.25) is 0 Å². The zero-order valence-electron chi connectivity index (χ0n) is 15.6. The first kappa shape index (κ1) is 16.4. The Morgan fingerprint density at radius 1 is 1.23 bits per heavy atom. The van der Waals surface area contributed by atoms with Crippen molar-refractivity contribution in [3.05, 3.63) is 23.7 Å². The summed E-state index contributed by atoms with van der Waals surface area (Å²) in [4.78, 5) is 17.7.